The maximum atomic E-state index is 11.9. The number of nitrogens with zero attached hydrogens (tertiary/aromatic N) is 4. The van der Waals surface area contributed by atoms with Gasteiger partial charge in [-0.2, -0.15) is 10.2 Å². The quantitative estimate of drug-likeness (QED) is 0.684. The van der Waals surface area contributed by atoms with Gasteiger partial charge in [-0.3, -0.25) is 14.5 Å². The zero-order valence-electron chi connectivity index (χ0n) is 10.5. The van der Waals surface area contributed by atoms with Gasteiger partial charge in [0.15, 0.2) is 0 Å². The standard InChI is InChI=1S/C12H12ClN5O/c1-8(9-4-3-5-14-6-9)16-17-12(19)11-10(13)7-15-18(11)2/h3-7H,1-2H3,(H,17,19)/b16-8-. The first kappa shape index (κ1) is 13.2. The summed E-state index contributed by atoms with van der Waals surface area (Å²) in [5.41, 5.74) is 4.19. The van der Waals surface area contributed by atoms with Crippen LogP contribution in [0.4, 0.5) is 0 Å². The number of hydrogen-bond acceptors (Lipinski definition) is 4. The molecule has 19 heavy (non-hydrogen) atoms. The molecule has 0 saturated carbocycles. The molecule has 2 rings (SSSR count). The smallest absolute Gasteiger partial charge is 0.266 e. The zero-order valence-corrected chi connectivity index (χ0v) is 11.2. The van der Waals surface area contributed by atoms with Gasteiger partial charge in [0.1, 0.15) is 5.69 Å². The summed E-state index contributed by atoms with van der Waals surface area (Å²) in [5.74, 6) is -0.409. The maximum Gasteiger partial charge on any atom is 0.291 e. The van der Waals surface area contributed by atoms with Crippen molar-refractivity contribution >= 4 is 23.2 Å². The van der Waals surface area contributed by atoms with E-state index < -0.39 is 5.91 Å². The van der Waals surface area contributed by atoms with Crippen LogP contribution < -0.4 is 5.43 Å². The second-order valence-corrected chi connectivity index (χ2v) is 4.25. The van der Waals surface area contributed by atoms with Crippen molar-refractivity contribution in [1.29, 1.82) is 0 Å². The molecule has 98 valence electrons. The molecule has 0 radical (unpaired) electrons. The first-order chi connectivity index (χ1) is 9.09. The average Bonchev–Trinajstić information content (AvgIpc) is 2.76. The Labute approximate surface area is 115 Å². The highest BCUT2D eigenvalue weighted by atomic mass is 35.5. The maximum absolute atomic E-state index is 11.9. The normalized spacial score (nSPS) is 11.4. The van der Waals surface area contributed by atoms with E-state index in [9.17, 15) is 4.79 Å². The minimum atomic E-state index is -0.409. The summed E-state index contributed by atoms with van der Waals surface area (Å²) in [6.07, 6.45) is 4.75. The molecule has 0 saturated heterocycles. The number of carbonyl (C=O) groups is 1. The van der Waals surface area contributed by atoms with Crippen LogP contribution in [0.15, 0.2) is 35.8 Å². The highest BCUT2D eigenvalue weighted by molar-refractivity contribution is 6.33. The van der Waals surface area contributed by atoms with Gasteiger partial charge in [0.2, 0.25) is 0 Å². The number of rotatable bonds is 3. The Morgan fingerprint density at radius 2 is 2.26 bits per heavy atom. The molecule has 1 N–H and O–H groups in total. The Balaban J connectivity index is 2.13. The van der Waals surface area contributed by atoms with Gasteiger partial charge in [-0.05, 0) is 13.0 Å². The molecule has 2 heterocycles. The van der Waals surface area contributed by atoms with Crippen LogP contribution in [0.5, 0.6) is 0 Å². The number of amides is 1. The molecule has 0 aromatic carbocycles. The summed E-state index contributed by atoms with van der Waals surface area (Å²) in [5, 5.41) is 8.18. The highest BCUT2D eigenvalue weighted by Gasteiger charge is 2.14. The molecule has 2 aromatic rings. The largest absolute Gasteiger partial charge is 0.291 e. The van der Waals surface area contributed by atoms with Crippen molar-refractivity contribution in [2.24, 2.45) is 12.1 Å². The molecule has 0 aliphatic rings. The number of pyridine rings is 1. The number of halogens is 1. The number of aryl methyl sites for hydroxylation is 1. The molecule has 6 nitrogen and oxygen atoms in total. The third-order valence-corrected chi connectivity index (χ3v) is 2.79. The number of aromatic nitrogens is 3. The van der Waals surface area contributed by atoms with Crippen molar-refractivity contribution in [3.8, 4) is 0 Å². The lowest BCUT2D eigenvalue weighted by molar-refractivity contribution is 0.0945. The van der Waals surface area contributed by atoms with Crippen LogP contribution in [-0.4, -0.2) is 26.4 Å². The lowest BCUT2D eigenvalue weighted by Crippen LogP contribution is -2.22. The molecule has 0 fully saturated rings. The van der Waals surface area contributed by atoms with E-state index in [2.05, 4.69) is 20.6 Å². The fourth-order valence-corrected chi connectivity index (χ4v) is 1.75. The second kappa shape index (κ2) is 5.62. The summed E-state index contributed by atoms with van der Waals surface area (Å²) in [4.78, 5) is 15.9. The Bertz CT molecular complexity index is 601. The second-order valence-electron chi connectivity index (χ2n) is 3.84. The third-order valence-electron chi connectivity index (χ3n) is 2.51. The van der Waals surface area contributed by atoms with E-state index in [4.69, 9.17) is 11.6 Å². The van der Waals surface area contributed by atoms with E-state index in [0.717, 1.165) is 5.56 Å². The summed E-state index contributed by atoms with van der Waals surface area (Å²) in [6.45, 7) is 1.78. The van der Waals surface area contributed by atoms with Gasteiger partial charge in [-0.25, -0.2) is 5.43 Å². The van der Waals surface area contributed by atoms with Crippen LogP contribution in [0.2, 0.25) is 5.02 Å². The van der Waals surface area contributed by atoms with Crippen LogP contribution >= 0.6 is 11.6 Å². The number of hydrazone groups is 1. The van der Waals surface area contributed by atoms with E-state index in [-0.39, 0.29) is 10.7 Å². The molecule has 0 unspecified atom stereocenters. The van der Waals surface area contributed by atoms with Gasteiger partial charge in [0, 0.05) is 25.0 Å². The fourth-order valence-electron chi connectivity index (χ4n) is 1.50. The van der Waals surface area contributed by atoms with Gasteiger partial charge in [-0.1, -0.05) is 17.7 Å². The van der Waals surface area contributed by atoms with Crippen LogP contribution in [-0.2, 0) is 7.05 Å². The van der Waals surface area contributed by atoms with E-state index >= 15 is 0 Å². The lowest BCUT2D eigenvalue weighted by Gasteiger charge is -2.03. The number of carbonyl (C=O) groups excluding carboxylic acids is 1. The number of nitrogens with one attached hydrogen (secondary N) is 1. The monoisotopic (exact) mass is 277 g/mol. The Kier molecular flexibility index (Phi) is 3.91. The van der Waals surface area contributed by atoms with Gasteiger partial charge >= 0.3 is 0 Å². The fraction of sp³-hybridized carbons (Fsp3) is 0.167. The summed E-state index contributed by atoms with van der Waals surface area (Å²) in [7, 11) is 1.64. The predicted octanol–water partition coefficient (Wildman–Crippen LogP) is 1.62. The van der Waals surface area contributed by atoms with Crippen molar-refractivity contribution in [3.63, 3.8) is 0 Å². The summed E-state index contributed by atoms with van der Waals surface area (Å²) >= 11 is 5.87. The summed E-state index contributed by atoms with van der Waals surface area (Å²) < 4.78 is 1.40. The molecule has 0 aliphatic carbocycles. The minimum Gasteiger partial charge on any atom is -0.266 e. The Morgan fingerprint density at radius 3 is 2.84 bits per heavy atom. The van der Waals surface area contributed by atoms with Crippen LogP contribution in [0.3, 0.4) is 0 Å². The van der Waals surface area contributed by atoms with Crippen LogP contribution in [0.25, 0.3) is 0 Å². The van der Waals surface area contributed by atoms with Crippen molar-refractivity contribution in [2.75, 3.05) is 0 Å². The van der Waals surface area contributed by atoms with Crippen molar-refractivity contribution in [2.45, 2.75) is 6.92 Å². The Morgan fingerprint density at radius 1 is 1.47 bits per heavy atom. The Hall–Kier alpha value is -2.21. The molecule has 0 spiro atoms. The van der Waals surface area contributed by atoms with Crippen LogP contribution in [0.1, 0.15) is 23.0 Å². The van der Waals surface area contributed by atoms with E-state index in [1.165, 1.54) is 10.9 Å². The SMILES string of the molecule is C/C(=N/NC(=O)c1c(Cl)cnn1C)c1cccnc1. The molecule has 0 bridgehead atoms. The zero-order chi connectivity index (χ0) is 13.8. The van der Waals surface area contributed by atoms with Crippen LogP contribution in [0, 0.1) is 0 Å². The molecule has 1 amide bonds. The van der Waals surface area contributed by atoms with Crippen molar-refractivity contribution in [3.05, 3.63) is 47.0 Å². The number of hydrogen-bond donors (Lipinski definition) is 1. The van der Waals surface area contributed by atoms with E-state index in [1.54, 1.807) is 32.4 Å². The molecular formula is C12H12ClN5O. The topological polar surface area (TPSA) is 72.2 Å². The van der Waals surface area contributed by atoms with E-state index in [1.807, 2.05) is 6.07 Å². The average molecular weight is 278 g/mol. The third kappa shape index (κ3) is 2.97. The highest BCUT2D eigenvalue weighted by Crippen LogP contribution is 2.13. The summed E-state index contributed by atoms with van der Waals surface area (Å²) in [6, 6.07) is 3.66. The van der Waals surface area contributed by atoms with E-state index in [0.29, 0.717) is 5.71 Å². The molecule has 0 atom stereocenters. The minimum absolute atomic E-state index is 0.268. The van der Waals surface area contributed by atoms with Crippen molar-refractivity contribution < 1.29 is 4.79 Å². The lowest BCUT2D eigenvalue weighted by atomic mass is 10.2. The van der Waals surface area contributed by atoms with Crippen molar-refractivity contribution in [1.82, 2.24) is 20.2 Å². The van der Waals surface area contributed by atoms with Gasteiger partial charge in [-0.15, -0.1) is 0 Å². The molecular weight excluding hydrogens is 266 g/mol. The van der Waals surface area contributed by atoms with Gasteiger partial charge in [0.25, 0.3) is 5.91 Å². The first-order valence-electron chi connectivity index (χ1n) is 5.52. The molecule has 7 heteroatoms. The first-order valence-corrected chi connectivity index (χ1v) is 5.90. The van der Waals surface area contributed by atoms with Gasteiger partial charge in [0.05, 0.1) is 16.9 Å². The molecule has 0 aliphatic heterocycles. The van der Waals surface area contributed by atoms with Gasteiger partial charge < -0.3 is 0 Å². The molecule has 2 aromatic heterocycles. The predicted molar refractivity (Wildman–Crippen MR) is 72.1 cm³/mol.